The van der Waals surface area contributed by atoms with E-state index in [9.17, 15) is 31.2 Å². The molecule has 0 aliphatic heterocycles. The van der Waals surface area contributed by atoms with E-state index in [2.05, 4.69) is 5.32 Å². The second-order valence-corrected chi connectivity index (χ2v) is 13.3. The van der Waals surface area contributed by atoms with E-state index in [0.717, 1.165) is 49.8 Å². The molecule has 1 fully saturated rings. The van der Waals surface area contributed by atoms with Gasteiger partial charge in [-0.15, -0.1) is 0 Å². The average Bonchev–Trinajstić information content (AvgIpc) is 2.99. The summed E-state index contributed by atoms with van der Waals surface area (Å²) in [6, 6.07) is 16.3. The largest absolute Gasteiger partial charge is 0.417 e. The summed E-state index contributed by atoms with van der Waals surface area (Å²) in [5.41, 5.74) is -0.176. The molecule has 1 aliphatic rings. The van der Waals surface area contributed by atoms with Gasteiger partial charge in [-0.1, -0.05) is 78.9 Å². The number of amides is 2. The molecule has 1 unspecified atom stereocenters. The first kappa shape index (κ1) is 33.3. The van der Waals surface area contributed by atoms with Crippen LogP contribution in [0.2, 0.25) is 5.02 Å². The quantitative estimate of drug-likeness (QED) is 0.264. The molecule has 0 radical (unpaired) electrons. The van der Waals surface area contributed by atoms with Gasteiger partial charge in [0, 0.05) is 12.6 Å². The molecule has 3 aromatic carbocycles. The molecule has 12 heteroatoms. The van der Waals surface area contributed by atoms with E-state index in [1.54, 1.807) is 56.3 Å². The second kappa shape index (κ2) is 14.0. The highest BCUT2D eigenvalue weighted by atomic mass is 35.5. The van der Waals surface area contributed by atoms with Gasteiger partial charge in [0.1, 0.15) is 12.6 Å². The Balaban J connectivity index is 1.73. The lowest BCUT2D eigenvalue weighted by atomic mass is 9.95. The minimum atomic E-state index is -4.87. The Bertz CT molecular complexity index is 1560. The number of benzene rings is 3. The van der Waals surface area contributed by atoms with Gasteiger partial charge in [0.05, 0.1) is 21.2 Å². The first-order valence-electron chi connectivity index (χ1n) is 14.4. The van der Waals surface area contributed by atoms with Gasteiger partial charge in [-0.25, -0.2) is 8.42 Å². The number of rotatable bonds is 10. The Labute approximate surface area is 261 Å². The van der Waals surface area contributed by atoms with Crippen LogP contribution >= 0.6 is 11.6 Å². The third-order valence-corrected chi connectivity index (χ3v) is 9.86. The number of aryl methyl sites for hydroxylation is 1. The van der Waals surface area contributed by atoms with Gasteiger partial charge in [0.2, 0.25) is 11.8 Å². The molecule has 44 heavy (non-hydrogen) atoms. The number of carbonyl (C=O) groups excluding carboxylic acids is 2. The lowest BCUT2D eigenvalue weighted by Gasteiger charge is -2.33. The first-order valence-corrected chi connectivity index (χ1v) is 16.2. The van der Waals surface area contributed by atoms with E-state index in [0.29, 0.717) is 15.9 Å². The number of nitrogens with zero attached hydrogens (tertiary/aromatic N) is 2. The van der Waals surface area contributed by atoms with E-state index in [-0.39, 0.29) is 23.4 Å². The van der Waals surface area contributed by atoms with Crippen LogP contribution in [0.15, 0.2) is 77.7 Å². The molecule has 0 aromatic heterocycles. The molecular weight excluding hydrogens is 615 g/mol. The average molecular weight is 650 g/mol. The van der Waals surface area contributed by atoms with Crippen LogP contribution in [0.25, 0.3) is 0 Å². The number of hydrogen-bond donors (Lipinski definition) is 1. The molecule has 1 N–H and O–H groups in total. The molecule has 1 saturated carbocycles. The zero-order valence-corrected chi connectivity index (χ0v) is 26.1. The number of sulfonamides is 1. The van der Waals surface area contributed by atoms with Gasteiger partial charge in [-0.2, -0.15) is 13.2 Å². The normalized spacial score (nSPS) is 15.0. The molecule has 1 aliphatic carbocycles. The van der Waals surface area contributed by atoms with Crippen LogP contribution in [0.5, 0.6) is 0 Å². The molecular formula is C32H35ClF3N3O4S. The maximum Gasteiger partial charge on any atom is 0.417 e. The van der Waals surface area contributed by atoms with Crippen molar-refractivity contribution in [3.63, 3.8) is 0 Å². The van der Waals surface area contributed by atoms with Crippen molar-refractivity contribution in [2.24, 2.45) is 0 Å². The van der Waals surface area contributed by atoms with Gasteiger partial charge in [0.15, 0.2) is 0 Å². The van der Waals surface area contributed by atoms with E-state index in [4.69, 9.17) is 11.6 Å². The van der Waals surface area contributed by atoms with E-state index < -0.39 is 51.0 Å². The Kier molecular flexibility index (Phi) is 10.6. The lowest BCUT2D eigenvalue weighted by Crippen LogP contribution is -2.53. The minimum Gasteiger partial charge on any atom is -0.352 e. The molecule has 3 aromatic rings. The fraction of sp³-hybridized carbons (Fsp3) is 0.375. The lowest BCUT2D eigenvalue weighted by molar-refractivity contribution is -0.139. The first-order chi connectivity index (χ1) is 20.8. The zero-order valence-electron chi connectivity index (χ0n) is 24.5. The minimum absolute atomic E-state index is 0.0221. The van der Waals surface area contributed by atoms with Crippen LogP contribution in [0.3, 0.4) is 0 Å². The van der Waals surface area contributed by atoms with Crippen molar-refractivity contribution in [1.82, 2.24) is 10.2 Å². The maximum absolute atomic E-state index is 14.0. The van der Waals surface area contributed by atoms with Crippen molar-refractivity contribution in [2.75, 3.05) is 10.8 Å². The Morgan fingerprint density at radius 2 is 1.61 bits per heavy atom. The van der Waals surface area contributed by atoms with Crippen molar-refractivity contribution in [3.05, 3.63) is 94.5 Å². The summed E-state index contributed by atoms with van der Waals surface area (Å²) >= 11 is 5.83. The molecule has 0 bridgehead atoms. The molecule has 4 rings (SSSR count). The monoisotopic (exact) mass is 649 g/mol. The van der Waals surface area contributed by atoms with Crippen molar-refractivity contribution in [3.8, 4) is 0 Å². The summed E-state index contributed by atoms with van der Waals surface area (Å²) in [6.07, 6.45) is -0.163. The van der Waals surface area contributed by atoms with Crippen molar-refractivity contribution >= 4 is 39.1 Å². The van der Waals surface area contributed by atoms with E-state index in [1.807, 2.05) is 0 Å². The van der Waals surface area contributed by atoms with Crippen molar-refractivity contribution in [1.29, 1.82) is 0 Å². The third-order valence-electron chi connectivity index (χ3n) is 7.75. The summed E-state index contributed by atoms with van der Waals surface area (Å²) in [7, 11) is -4.54. The summed E-state index contributed by atoms with van der Waals surface area (Å²) in [6.45, 7) is 2.43. The van der Waals surface area contributed by atoms with Crippen LogP contribution in [0.1, 0.15) is 55.7 Å². The molecule has 236 valence electrons. The second-order valence-electron chi connectivity index (χ2n) is 11.0. The summed E-state index contributed by atoms with van der Waals surface area (Å²) in [5.74, 6) is -1.15. The number of anilines is 1. The molecule has 0 spiro atoms. The highest BCUT2D eigenvalue weighted by Gasteiger charge is 2.37. The maximum atomic E-state index is 14.0. The predicted molar refractivity (Wildman–Crippen MR) is 164 cm³/mol. The molecule has 7 nitrogen and oxygen atoms in total. The fourth-order valence-electron chi connectivity index (χ4n) is 5.18. The topological polar surface area (TPSA) is 86.8 Å². The number of hydrogen-bond acceptors (Lipinski definition) is 4. The van der Waals surface area contributed by atoms with Gasteiger partial charge in [-0.3, -0.25) is 13.9 Å². The number of halogens is 4. The summed E-state index contributed by atoms with van der Waals surface area (Å²) in [5, 5.41) is 2.40. The number of alkyl halides is 3. The summed E-state index contributed by atoms with van der Waals surface area (Å²) in [4.78, 5) is 28.5. The van der Waals surface area contributed by atoms with Crippen LogP contribution in [0, 0.1) is 6.92 Å². The predicted octanol–water partition coefficient (Wildman–Crippen LogP) is 6.73. The highest BCUT2D eigenvalue weighted by molar-refractivity contribution is 7.92. The van der Waals surface area contributed by atoms with Gasteiger partial charge >= 0.3 is 6.18 Å². The number of carbonyl (C=O) groups is 2. The molecule has 0 heterocycles. The Hall–Kier alpha value is -3.57. The van der Waals surface area contributed by atoms with Gasteiger partial charge in [0.25, 0.3) is 10.0 Å². The van der Waals surface area contributed by atoms with Crippen LogP contribution in [0.4, 0.5) is 18.9 Å². The van der Waals surface area contributed by atoms with E-state index in [1.165, 1.54) is 17.0 Å². The smallest absolute Gasteiger partial charge is 0.352 e. The molecule has 0 saturated heterocycles. The van der Waals surface area contributed by atoms with Crippen molar-refractivity contribution in [2.45, 2.75) is 75.7 Å². The Morgan fingerprint density at radius 3 is 2.23 bits per heavy atom. The van der Waals surface area contributed by atoms with Crippen LogP contribution in [-0.4, -0.2) is 43.8 Å². The van der Waals surface area contributed by atoms with Gasteiger partial charge in [-0.05, 0) is 62.6 Å². The van der Waals surface area contributed by atoms with Gasteiger partial charge < -0.3 is 10.2 Å². The third kappa shape index (κ3) is 8.12. The molecule has 1 atom stereocenters. The van der Waals surface area contributed by atoms with Crippen molar-refractivity contribution < 1.29 is 31.2 Å². The standard InChI is InChI=1S/C32H35ClF3N3O4S/c1-22-13-16-27(17-14-22)44(42,43)39(26-15-18-29(33)28(19-26)32(34,35)36)21-30(40)38(20-24-9-5-3-6-10-24)23(2)31(41)37-25-11-7-4-8-12-25/h3,5-6,9-10,13-19,23,25H,4,7-8,11-12,20-21H2,1-2H3,(H,37,41). The Morgan fingerprint density at radius 1 is 0.977 bits per heavy atom. The highest BCUT2D eigenvalue weighted by Crippen LogP contribution is 2.38. The molecule has 2 amide bonds. The SMILES string of the molecule is Cc1ccc(S(=O)(=O)N(CC(=O)N(Cc2ccccc2)C(C)C(=O)NC2CCCCC2)c2ccc(Cl)c(C(F)(F)F)c2)cc1. The van der Waals surface area contributed by atoms with E-state index >= 15 is 0 Å². The summed E-state index contributed by atoms with van der Waals surface area (Å²) < 4.78 is 69.9. The zero-order chi connectivity index (χ0) is 32.1. The fourth-order valence-corrected chi connectivity index (χ4v) is 6.81. The van der Waals surface area contributed by atoms with Crippen LogP contribution in [-0.2, 0) is 32.3 Å². The van der Waals surface area contributed by atoms with Crippen LogP contribution < -0.4 is 9.62 Å². The number of nitrogens with one attached hydrogen (secondary N) is 1.